The van der Waals surface area contributed by atoms with Crippen LogP contribution in [0.5, 0.6) is 0 Å². The normalized spacial score (nSPS) is 11.0. The number of hydrogen-bond acceptors (Lipinski definition) is 4. The Kier molecular flexibility index (Phi) is 4.79. The molecule has 23 heavy (non-hydrogen) atoms. The molecule has 5 heteroatoms. The summed E-state index contributed by atoms with van der Waals surface area (Å²) in [6.45, 7) is 6.34. The number of esters is 1. The lowest BCUT2D eigenvalue weighted by atomic mass is 9.87. The zero-order chi connectivity index (χ0) is 17.0. The van der Waals surface area contributed by atoms with Crippen LogP contribution in [0, 0.1) is 0 Å². The number of methoxy groups -OCH3 is 1. The van der Waals surface area contributed by atoms with Gasteiger partial charge in [-0.15, -0.1) is 0 Å². The van der Waals surface area contributed by atoms with Crippen LogP contribution in [0.2, 0.25) is 0 Å². The molecule has 1 aromatic heterocycles. The molecule has 1 amide bonds. The first-order valence-corrected chi connectivity index (χ1v) is 7.27. The summed E-state index contributed by atoms with van der Waals surface area (Å²) in [5.74, 6) is -0.835. The maximum Gasteiger partial charge on any atom is 0.341 e. The standard InChI is InChI=1S/C18H20N2O3/c1-18(2,3)13-7-5-12(6-8-13)16(21)20-15-9-10-19-11-14(15)17(22)23-4/h5-11H,1-4H3,(H,19,20,21). The second-order valence-corrected chi connectivity index (χ2v) is 6.19. The van der Waals surface area contributed by atoms with Crippen LogP contribution < -0.4 is 5.32 Å². The highest BCUT2D eigenvalue weighted by atomic mass is 16.5. The Labute approximate surface area is 135 Å². The lowest BCUT2D eigenvalue weighted by molar-refractivity contribution is 0.0601. The molecule has 0 aliphatic carbocycles. The molecule has 1 heterocycles. The van der Waals surface area contributed by atoms with E-state index in [4.69, 9.17) is 0 Å². The molecule has 0 unspecified atom stereocenters. The minimum Gasteiger partial charge on any atom is -0.465 e. The van der Waals surface area contributed by atoms with E-state index < -0.39 is 5.97 Å². The third-order valence-electron chi connectivity index (χ3n) is 3.49. The lowest BCUT2D eigenvalue weighted by Crippen LogP contribution is -2.16. The average Bonchev–Trinajstić information content (AvgIpc) is 2.54. The number of hydrogen-bond donors (Lipinski definition) is 1. The number of nitrogens with one attached hydrogen (secondary N) is 1. The average molecular weight is 312 g/mol. The molecule has 0 radical (unpaired) electrons. The molecule has 1 aromatic carbocycles. The van der Waals surface area contributed by atoms with Crippen molar-refractivity contribution in [3.8, 4) is 0 Å². The number of benzene rings is 1. The second kappa shape index (κ2) is 6.60. The fraction of sp³-hybridized carbons (Fsp3) is 0.278. The lowest BCUT2D eigenvalue weighted by Gasteiger charge is -2.19. The number of nitrogens with zero attached hydrogens (tertiary/aromatic N) is 1. The Morgan fingerprint density at radius 3 is 2.30 bits per heavy atom. The zero-order valence-corrected chi connectivity index (χ0v) is 13.7. The highest BCUT2D eigenvalue weighted by Gasteiger charge is 2.16. The Balaban J connectivity index is 2.22. The molecular formula is C18H20N2O3. The van der Waals surface area contributed by atoms with E-state index in [2.05, 4.69) is 35.8 Å². The molecule has 0 saturated carbocycles. The largest absolute Gasteiger partial charge is 0.465 e. The van der Waals surface area contributed by atoms with Crippen molar-refractivity contribution in [1.82, 2.24) is 4.98 Å². The van der Waals surface area contributed by atoms with Crippen molar-refractivity contribution in [3.05, 3.63) is 59.4 Å². The van der Waals surface area contributed by atoms with Gasteiger partial charge < -0.3 is 10.1 Å². The number of carbonyl (C=O) groups is 2. The Morgan fingerprint density at radius 1 is 1.09 bits per heavy atom. The van der Waals surface area contributed by atoms with Crippen molar-refractivity contribution in [2.45, 2.75) is 26.2 Å². The number of carbonyl (C=O) groups excluding carboxylic acids is 2. The van der Waals surface area contributed by atoms with Gasteiger partial charge in [0.1, 0.15) is 5.56 Å². The van der Waals surface area contributed by atoms with Gasteiger partial charge in [-0.2, -0.15) is 0 Å². The van der Waals surface area contributed by atoms with E-state index in [1.54, 1.807) is 18.2 Å². The predicted molar refractivity (Wildman–Crippen MR) is 88.7 cm³/mol. The first-order chi connectivity index (χ1) is 10.8. The summed E-state index contributed by atoms with van der Waals surface area (Å²) < 4.78 is 4.69. The van der Waals surface area contributed by atoms with Crippen LogP contribution in [0.3, 0.4) is 0 Å². The van der Waals surface area contributed by atoms with E-state index in [1.165, 1.54) is 19.5 Å². The first kappa shape index (κ1) is 16.7. The van der Waals surface area contributed by atoms with Gasteiger partial charge in [-0.1, -0.05) is 32.9 Å². The molecule has 1 N–H and O–H groups in total. The summed E-state index contributed by atoms with van der Waals surface area (Å²) in [4.78, 5) is 27.9. The fourth-order valence-corrected chi connectivity index (χ4v) is 2.09. The van der Waals surface area contributed by atoms with Crippen LogP contribution in [0.25, 0.3) is 0 Å². The number of amides is 1. The van der Waals surface area contributed by atoms with E-state index in [1.807, 2.05) is 12.1 Å². The van der Waals surface area contributed by atoms with E-state index in [0.29, 0.717) is 11.3 Å². The summed E-state index contributed by atoms with van der Waals surface area (Å²) in [5, 5.41) is 2.72. The molecule has 2 rings (SSSR count). The molecule has 0 aliphatic rings. The van der Waals surface area contributed by atoms with Crippen LogP contribution in [0.1, 0.15) is 47.1 Å². The highest BCUT2D eigenvalue weighted by Crippen LogP contribution is 2.23. The summed E-state index contributed by atoms with van der Waals surface area (Å²) >= 11 is 0. The first-order valence-electron chi connectivity index (χ1n) is 7.27. The molecule has 0 aliphatic heterocycles. The summed E-state index contributed by atoms with van der Waals surface area (Å²) in [6.07, 6.45) is 2.87. The SMILES string of the molecule is COC(=O)c1cnccc1NC(=O)c1ccc(C(C)(C)C)cc1. The van der Waals surface area contributed by atoms with Gasteiger partial charge in [0.2, 0.25) is 0 Å². The quantitative estimate of drug-likeness (QED) is 0.882. The Morgan fingerprint density at radius 2 is 1.74 bits per heavy atom. The summed E-state index contributed by atoms with van der Waals surface area (Å²) in [5.41, 5.74) is 2.28. The summed E-state index contributed by atoms with van der Waals surface area (Å²) in [7, 11) is 1.28. The van der Waals surface area contributed by atoms with Gasteiger partial charge in [0.05, 0.1) is 12.8 Å². The predicted octanol–water partition coefficient (Wildman–Crippen LogP) is 3.42. The van der Waals surface area contributed by atoms with Gasteiger partial charge in [0.15, 0.2) is 0 Å². The van der Waals surface area contributed by atoms with Crippen molar-refractivity contribution in [2.24, 2.45) is 0 Å². The number of anilines is 1. The number of pyridine rings is 1. The van der Waals surface area contributed by atoms with E-state index >= 15 is 0 Å². The Bertz CT molecular complexity index is 716. The van der Waals surface area contributed by atoms with Crippen LogP contribution >= 0.6 is 0 Å². The molecule has 0 saturated heterocycles. The maximum atomic E-state index is 12.4. The molecule has 2 aromatic rings. The van der Waals surface area contributed by atoms with Gasteiger partial charge in [0, 0.05) is 18.0 Å². The minimum atomic E-state index is -0.545. The van der Waals surface area contributed by atoms with Gasteiger partial charge >= 0.3 is 5.97 Å². The van der Waals surface area contributed by atoms with Crippen molar-refractivity contribution in [2.75, 3.05) is 12.4 Å². The monoisotopic (exact) mass is 312 g/mol. The molecule has 5 nitrogen and oxygen atoms in total. The van der Waals surface area contributed by atoms with Crippen LogP contribution in [0.15, 0.2) is 42.7 Å². The molecule has 0 bridgehead atoms. The van der Waals surface area contributed by atoms with Gasteiger partial charge in [-0.05, 0) is 29.2 Å². The van der Waals surface area contributed by atoms with Gasteiger partial charge in [-0.25, -0.2) is 4.79 Å². The van der Waals surface area contributed by atoms with E-state index in [9.17, 15) is 9.59 Å². The summed E-state index contributed by atoms with van der Waals surface area (Å²) in [6, 6.07) is 8.98. The van der Waals surface area contributed by atoms with Crippen molar-refractivity contribution in [3.63, 3.8) is 0 Å². The maximum absolute atomic E-state index is 12.4. The van der Waals surface area contributed by atoms with Crippen LogP contribution in [0.4, 0.5) is 5.69 Å². The Hall–Kier alpha value is -2.69. The molecular weight excluding hydrogens is 292 g/mol. The van der Waals surface area contributed by atoms with Crippen LogP contribution in [-0.2, 0) is 10.2 Å². The number of aromatic nitrogens is 1. The third-order valence-corrected chi connectivity index (χ3v) is 3.49. The zero-order valence-electron chi connectivity index (χ0n) is 13.7. The van der Waals surface area contributed by atoms with Crippen LogP contribution in [-0.4, -0.2) is 24.0 Å². The van der Waals surface area contributed by atoms with Crippen molar-refractivity contribution in [1.29, 1.82) is 0 Å². The molecule has 120 valence electrons. The van der Waals surface area contributed by atoms with Gasteiger partial charge in [0.25, 0.3) is 5.91 Å². The molecule has 0 spiro atoms. The fourth-order valence-electron chi connectivity index (χ4n) is 2.09. The third kappa shape index (κ3) is 3.94. The van der Waals surface area contributed by atoms with Crippen molar-refractivity contribution >= 4 is 17.6 Å². The second-order valence-electron chi connectivity index (χ2n) is 6.19. The van der Waals surface area contributed by atoms with E-state index in [-0.39, 0.29) is 16.9 Å². The smallest absolute Gasteiger partial charge is 0.341 e. The van der Waals surface area contributed by atoms with Gasteiger partial charge in [-0.3, -0.25) is 9.78 Å². The molecule has 0 atom stereocenters. The van der Waals surface area contributed by atoms with E-state index in [0.717, 1.165) is 5.56 Å². The highest BCUT2D eigenvalue weighted by molar-refractivity contribution is 6.07. The molecule has 0 fully saturated rings. The minimum absolute atomic E-state index is 0.0260. The number of rotatable bonds is 3. The topological polar surface area (TPSA) is 68.3 Å². The van der Waals surface area contributed by atoms with Crippen molar-refractivity contribution < 1.29 is 14.3 Å². The number of ether oxygens (including phenoxy) is 1.